The Balaban J connectivity index is 2.87. The van der Waals surface area contributed by atoms with Gasteiger partial charge in [0.2, 0.25) is 0 Å². The third-order valence-corrected chi connectivity index (χ3v) is 2.37. The second-order valence-corrected chi connectivity index (χ2v) is 3.72. The van der Waals surface area contributed by atoms with Gasteiger partial charge in [-0.3, -0.25) is 10.8 Å². The van der Waals surface area contributed by atoms with Gasteiger partial charge in [-0.05, 0) is 31.9 Å². The molecule has 0 saturated heterocycles. The fourth-order valence-electron chi connectivity index (χ4n) is 1.65. The highest BCUT2D eigenvalue weighted by atomic mass is 16.7. The minimum atomic E-state index is -0.404. The first-order valence-corrected chi connectivity index (χ1v) is 5.83. The molecule has 0 radical (unpaired) electrons. The number of ether oxygens (including phenoxy) is 2. The number of hydrogen-bond acceptors (Lipinski definition) is 5. The average Bonchev–Trinajstić information content (AvgIpc) is 2.31. The molecule has 96 valence electrons. The lowest BCUT2D eigenvalue weighted by atomic mass is 10.1. The lowest BCUT2D eigenvalue weighted by Crippen LogP contribution is -2.39. The summed E-state index contributed by atoms with van der Waals surface area (Å²) in [4.78, 5) is 4.15. The SMILES string of the molecule is CCOC(OCC)C(NN)c1cncc(C)c1. The van der Waals surface area contributed by atoms with Crippen molar-refractivity contribution >= 4 is 0 Å². The normalized spacial score (nSPS) is 13.0. The number of nitrogens with one attached hydrogen (secondary N) is 1. The molecule has 5 heteroatoms. The minimum Gasteiger partial charge on any atom is -0.351 e. The Morgan fingerprint density at radius 3 is 2.41 bits per heavy atom. The van der Waals surface area contributed by atoms with Gasteiger partial charge in [-0.25, -0.2) is 5.43 Å². The van der Waals surface area contributed by atoms with Crippen molar-refractivity contribution in [1.29, 1.82) is 0 Å². The zero-order valence-electron chi connectivity index (χ0n) is 10.6. The highest BCUT2D eigenvalue weighted by Crippen LogP contribution is 2.19. The number of rotatable bonds is 7. The number of aromatic nitrogens is 1. The van der Waals surface area contributed by atoms with E-state index in [4.69, 9.17) is 15.3 Å². The van der Waals surface area contributed by atoms with Crippen LogP contribution >= 0.6 is 0 Å². The van der Waals surface area contributed by atoms with Gasteiger partial charge in [0.05, 0.1) is 6.04 Å². The summed E-state index contributed by atoms with van der Waals surface area (Å²) in [6.07, 6.45) is 3.16. The molecule has 5 nitrogen and oxygen atoms in total. The van der Waals surface area contributed by atoms with E-state index in [9.17, 15) is 0 Å². The number of pyridine rings is 1. The summed E-state index contributed by atoms with van der Waals surface area (Å²) in [7, 11) is 0. The summed E-state index contributed by atoms with van der Waals surface area (Å²) in [5, 5.41) is 0. The molecule has 0 bridgehead atoms. The van der Waals surface area contributed by atoms with Crippen molar-refractivity contribution in [2.75, 3.05) is 13.2 Å². The van der Waals surface area contributed by atoms with Crippen LogP contribution < -0.4 is 11.3 Å². The molecule has 1 aromatic rings. The molecule has 0 saturated carbocycles. The van der Waals surface area contributed by atoms with E-state index in [0.717, 1.165) is 11.1 Å². The number of hydrazine groups is 1. The van der Waals surface area contributed by atoms with E-state index in [2.05, 4.69) is 10.4 Å². The Hall–Kier alpha value is -1.01. The van der Waals surface area contributed by atoms with Crippen LogP contribution in [-0.2, 0) is 9.47 Å². The molecular formula is C12H21N3O2. The van der Waals surface area contributed by atoms with Crippen molar-refractivity contribution in [3.05, 3.63) is 29.6 Å². The Morgan fingerprint density at radius 1 is 1.29 bits per heavy atom. The molecule has 0 aliphatic rings. The van der Waals surface area contributed by atoms with E-state index in [1.807, 2.05) is 26.8 Å². The molecular weight excluding hydrogens is 218 g/mol. The fraction of sp³-hybridized carbons (Fsp3) is 0.583. The maximum absolute atomic E-state index is 5.58. The summed E-state index contributed by atoms with van der Waals surface area (Å²) in [5.41, 5.74) is 4.76. The molecule has 1 rings (SSSR count). The van der Waals surface area contributed by atoms with Gasteiger partial charge in [0, 0.05) is 25.6 Å². The summed E-state index contributed by atoms with van der Waals surface area (Å²) in [5.74, 6) is 5.58. The van der Waals surface area contributed by atoms with Crippen LogP contribution in [0.15, 0.2) is 18.5 Å². The molecule has 0 spiro atoms. The van der Waals surface area contributed by atoms with Crippen molar-refractivity contribution in [3.63, 3.8) is 0 Å². The van der Waals surface area contributed by atoms with E-state index in [1.54, 1.807) is 12.4 Å². The molecule has 0 aliphatic heterocycles. The Morgan fingerprint density at radius 2 is 1.94 bits per heavy atom. The Labute approximate surface area is 102 Å². The van der Waals surface area contributed by atoms with Crippen LogP contribution in [-0.4, -0.2) is 24.5 Å². The number of nitrogens with two attached hydrogens (primary N) is 1. The van der Waals surface area contributed by atoms with Crippen LogP contribution in [0.3, 0.4) is 0 Å². The molecule has 1 unspecified atom stereocenters. The van der Waals surface area contributed by atoms with Crippen LogP contribution in [0.2, 0.25) is 0 Å². The smallest absolute Gasteiger partial charge is 0.178 e. The summed E-state index contributed by atoms with van der Waals surface area (Å²) >= 11 is 0. The molecule has 1 atom stereocenters. The molecule has 0 amide bonds. The lowest BCUT2D eigenvalue weighted by Gasteiger charge is -2.26. The molecule has 1 heterocycles. The van der Waals surface area contributed by atoms with Crippen LogP contribution in [0.25, 0.3) is 0 Å². The van der Waals surface area contributed by atoms with E-state index in [0.29, 0.717) is 13.2 Å². The molecule has 1 aromatic heterocycles. The summed E-state index contributed by atoms with van der Waals surface area (Å²) in [6, 6.07) is 1.80. The zero-order chi connectivity index (χ0) is 12.7. The quantitative estimate of drug-likeness (QED) is 0.426. The largest absolute Gasteiger partial charge is 0.351 e. The van der Waals surface area contributed by atoms with Crippen LogP contribution in [0.1, 0.15) is 31.0 Å². The molecule has 0 aromatic carbocycles. The average molecular weight is 239 g/mol. The van der Waals surface area contributed by atoms with Crippen LogP contribution in [0, 0.1) is 6.92 Å². The van der Waals surface area contributed by atoms with E-state index < -0.39 is 6.29 Å². The highest BCUT2D eigenvalue weighted by molar-refractivity contribution is 5.20. The maximum Gasteiger partial charge on any atom is 0.178 e. The molecule has 3 N–H and O–H groups in total. The third kappa shape index (κ3) is 4.05. The van der Waals surface area contributed by atoms with E-state index in [1.165, 1.54) is 0 Å². The molecule has 0 aliphatic carbocycles. The van der Waals surface area contributed by atoms with Crippen LogP contribution in [0.5, 0.6) is 0 Å². The van der Waals surface area contributed by atoms with Gasteiger partial charge in [-0.15, -0.1) is 0 Å². The molecule has 0 fully saturated rings. The zero-order valence-corrected chi connectivity index (χ0v) is 10.6. The number of nitrogens with zero attached hydrogens (tertiary/aromatic N) is 1. The van der Waals surface area contributed by atoms with Gasteiger partial charge in [0.15, 0.2) is 6.29 Å². The maximum atomic E-state index is 5.58. The molecule has 17 heavy (non-hydrogen) atoms. The van der Waals surface area contributed by atoms with Gasteiger partial charge in [0.25, 0.3) is 0 Å². The van der Waals surface area contributed by atoms with Crippen molar-refractivity contribution in [3.8, 4) is 0 Å². The van der Waals surface area contributed by atoms with Gasteiger partial charge in [-0.2, -0.15) is 0 Å². The number of aryl methyl sites for hydroxylation is 1. The first-order chi connectivity index (χ1) is 8.22. The van der Waals surface area contributed by atoms with E-state index in [-0.39, 0.29) is 6.04 Å². The van der Waals surface area contributed by atoms with Crippen molar-refractivity contribution in [2.45, 2.75) is 33.1 Å². The lowest BCUT2D eigenvalue weighted by molar-refractivity contribution is -0.155. The van der Waals surface area contributed by atoms with Gasteiger partial charge >= 0.3 is 0 Å². The standard InChI is InChI=1S/C12H21N3O2/c1-4-16-12(17-5-2)11(15-13)10-6-9(3)7-14-8-10/h6-8,11-12,15H,4-5,13H2,1-3H3. The number of hydrogen-bond donors (Lipinski definition) is 2. The third-order valence-electron chi connectivity index (χ3n) is 2.37. The Kier molecular flexibility index (Phi) is 6.07. The van der Waals surface area contributed by atoms with Crippen LogP contribution in [0.4, 0.5) is 0 Å². The predicted octanol–water partition coefficient (Wildman–Crippen LogP) is 1.29. The van der Waals surface area contributed by atoms with Crippen molar-refractivity contribution in [1.82, 2.24) is 10.4 Å². The fourth-order valence-corrected chi connectivity index (χ4v) is 1.65. The topological polar surface area (TPSA) is 69.4 Å². The van der Waals surface area contributed by atoms with Crippen molar-refractivity contribution in [2.24, 2.45) is 5.84 Å². The Bertz CT molecular complexity index is 327. The van der Waals surface area contributed by atoms with Gasteiger partial charge in [0.1, 0.15) is 0 Å². The second kappa shape index (κ2) is 7.34. The second-order valence-electron chi connectivity index (χ2n) is 3.72. The predicted molar refractivity (Wildman–Crippen MR) is 66.1 cm³/mol. The first kappa shape index (κ1) is 14.1. The first-order valence-electron chi connectivity index (χ1n) is 5.83. The van der Waals surface area contributed by atoms with Crippen molar-refractivity contribution < 1.29 is 9.47 Å². The van der Waals surface area contributed by atoms with Gasteiger partial charge in [-0.1, -0.05) is 6.07 Å². The monoisotopic (exact) mass is 239 g/mol. The highest BCUT2D eigenvalue weighted by Gasteiger charge is 2.23. The minimum absolute atomic E-state index is 0.220. The summed E-state index contributed by atoms with van der Waals surface area (Å²) in [6.45, 7) is 6.98. The van der Waals surface area contributed by atoms with Gasteiger partial charge < -0.3 is 9.47 Å². The van der Waals surface area contributed by atoms with E-state index >= 15 is 0 Å². The summed E-state index contributed by atoms with van der Waals surface area (Å²) < 4.78 is 11.1.